The van der Waals surface area contributed by atoms with Crippen molar-refractivity contribution < 1.29 is 4.74 Å². The second-order valence-corrected chi connectivity index (χ2v) is 3.96. The van der Waals surface area contributed by atoms with Crippen molar-refractivity contribution in [3.63, 3.8) is 0 Å². The van der Waals surface area contributed by atoms with Crippen LogP contribution < -0.4 is 9.64 Å². The molecule has 0 N–H and O–H groups in total. The van der Waals surface area contributed by atoms with Crippen molar-refractivity contribution in [2.75, 3.05) is 18.6 Å². The van der Waals surface area contributed by atoms with Crippen molar-refractivity contribution in [1.82, 2.24) is 19.5 Å². The van der Waals surface area contributed by atoms with Crippen LogP contribution in [0.4, 0.5) is 5.82 Å². The normalized spacial score (nSPS) is 10.4. The predicted molar refractivity (Wildman–Crippen MR) is 68.5 cm³/mol. The minimum absolute atomic E-state index is 0.543. The van der Waals surface area contributed by atoms with Crippen molar-refractivity contribution in [3.8, 4) is 5.88 Å². The minimum atomic E-state index is 0.543. The molecule has 0 saturated carbocycles. The van der Waals surface area contributed by atoms with Crippen molar-refractivity contribution >= 4 is 5.82 Å². The molecule has 6 nitrogen and oxygen atoms in total. The first-order valence-corrected chi connectivity index (χ1v) is 5.83. The van der Waals surface area contributed by atoms with Gasteiger partial charge in [-0.05, 0) is 6.92 Å². The van der Waals surface area contributed by atoms with Gasteiger partial charge in [-0.2, -0.15) is 4.98 Å². The number of aryl methyl sites for hydroxylation is 1. The molecule has 2 heterocycles. The Balaban J connectivity index is 2.11. The lowest BCUT2D eigenvalue weighted by Crippen LogP contribution is -2.20. The Hall–Kier alpha value is -2.11. The fraction of sp³-hybridized carbons (Fsp3) is 0.417. The van der Waals surface area contributed by atoms with E-state index in [0.29, 0.717) is 19.0 Å². The van der Waals surface area contributed by atoms with Gasteiger partial charge in [0.15, 0.2) is 5.82 Å². The lowest BCUT2D eigenvalue weighted by molar-refractivity contribution is 0.325. The summed E-state index contributed by atoms with van der Waals surface area (Å²) in [6.07, 6.45) is 7.03. The Bertz CT molecular complexity index is 511. The number of hydrogen-bond acceptors (Lipinski definition) is 5. The van der Waals surface area contributed by atoms with E-state index in [1.807, 2.05) is 36.7 Å². The Labute approximate surface area is 106 Å². The fourth-order valence-electron chi connectivity index (χ4n) is 1.58. The molecule has 0 aromatic carbocycles. The molecule has 0 saturated heterocycles. The van der Waals surface area contributed by atoms with Gasteiger partial charge in [0, 0.05) is 26.5 Å². The van der Waals surface area contributed by atoms with E-state index < -0.39 is 0 Å². The highest BCUT2D eigenvalue weighted by Gasteiger charge is 2.08. The number of rotatable bonds is 5. The van der Waals surface area contributed by atoms with Crippen LogP contribution in [-0.4, -0.2) is 33.2 Å². The summed E-state index contributed by atoms with van der Waals surface area (Å²) in [6.45, 7) is 3.18. The zero-order valence-corrected chi connectivity index (χ0v) is 10.9. The maximum atomic E-state index is 5.33. The molecular formula is C12H17N5O. The van der Waals surface area contributed by atoms with Gasteiger partial charge in [-0.3, -0.25) is 4.98 Å². The van der Waals surface area contributed by atoms with Crippen LogP contribution >= 0.6 is 0 Å². The summed E-state index contributed by atoms with van der Waals surface area (Å²) in [6, 6.07) is 0. The number of ether oxygens (including phenoxy) is 1. The lowest BCUT2D eigenvalue weighted by Gasteiger charge is -2.17. The first kappa shape index (κ1) is 12.3. The van der Waals surface area contributed by atoms with Gasteiger partial charge in [0.25, 0.3) is 0 Å². The Morgan fingerprint density at radius 1 is 1.39 bits per heavy atom. The Kier molecular flexibility index (Phi) is 3.76. The zero-order valence-electron chi connectivity index (χ0n) is 10.9. The molecule has 0 radical (unpaired) electrons. The molecule has 0 bridgehead atoms. The van der Waals surface area contributed by atoms with Crippen molar-refractivity contribution in [3.05, 3.63) is 30.6 Å². The second kappa shape index (κ2) is 5.48. The van der Waals surface area contributed by atoms with E-state index >= 15 is 0 Å². The van der Waals surface area contributed by atoms with Gasteiger partial charge in [0.05, 0.1) is 25.5 Å². The van der Waals surface area contributed by atoms with Crippen LogP contribution in [0.15, 0.2) is 24.8 Å². The van der Waals surface area contributed by atoms with Crippen molar-refractivity contribution in [1.29, 1.82) is 0 Å². The highest BCUT2D eigenvalue weighted by atomic mass is 16.5. The molecule has 6 heteroatoms. The number of anilines is 1. The maximum absolute atomic E-state index is 5.33. The summed E-state index contributed by atoms with van der Waals surface area (Å²) < 4.78 is 7.32. The summed E-state index contributed by atoms with van der Waals surface area (Å²) in [4.78, 5) is 14.8. The minimum Gasteiger partial charge on any atom is -0.477 e. The van der Waals surface area contributed by atoms with Crippen LogP contribution in [0.1, 0.15) is 12.7 Å². The van der Waals surface area contributed by atoms with Gasteiger partial charge in [-0.15, -0.1) is 0 Å². The molecule has 0 aliphatic heterocycles. The van der Waals surface area contributed by atoms with Gasteiger partial charge in [0.2, 0.25) is 5.88 Å². The summed E-state index contributed by atoms with van der Waals surface area (Å²) in [7, 11) is 3.92. The lowest BCUT2D eigenvalue weighted by atomic mass is 10.5. The Morgan fingerprint density at radius 3 is 2.89 bits per heavy atom. The molecule has 0 amide bonds. The average molecular weight is 247 g/mol. The van der Waals surface area contributed by atoms with Crippen LogP contribution in [-0.2, 0) is 13.6 Å². The largest absolute Gasteiger partial charge is 0.477 e. The van der Waals surface area contributed by atoms with E-state index in [-0.39, 0.29) is 0 Å². The van der Waals surface area contributed by atoms with Crippen LogP contribution in [0.2, 0.25) is 0 Å². The number of nitrogens with zero attached hydrogens (tertiary/aromatic N) is 5. The third-order valence-corrected chi connectivity index (χ3v) is 2.58. The van der Waals surface area contributed by atoms with E-state index in [4.69, 9.17) is 4.74 Å². The molecule has 0 spiro atoms. The first-order chi connectivity index (χ1) is 8.70. The van der Waals surface area contributed by atoms with E-state index in [1.54, 1.807) is 18.6 Å². The highest BCUT2D eigenvalue weighted by molar-refractivity contribution is 5.36. The summed E-state index contributed by atoms with van der Waals surface area (Å²) in [5.41, 5.74) is 0. The first-order valence-electron chi connectivity index (χ1n) is 5.83. The van der Waals surface area contributed by atoms with Gasteiger partial charge in [-0.1, -0.05) is 0 Å². The van der Waals surface area contributed by atoms with Crippen LogP contribution in [0.3, 0.4) is 0 Å². The molecule has 0 aliphatic carbocycles. The number of aromatic nitrogens is 4. The smallest absolute Gasteiger partial charge is 0.234 e. The predicted octanol–water partition coefficient (Wildman–Crippen LogP) is 1.25. The summed E-state index contributed by atoms with van der Waals surface area (Å²) >= 11 is 0. The zero-order chi connectivity index (χ0) is 13.0. The van der Waals surface area contributed by atoms with E-state index in [0.717, 1.165) is 11.6 Å². The van der Waals surface area contributed by atoms with Gasteiger partial charge in [-0.25, -0.2) is 4.98 Å². The Morgan fingerprint density at radius 2 is 2.22 bits per heavy atom. The van der Waals surface area contributed by atoms with Gasteiger partial charge >= 0.3 is 0 Å². The molecular weight excluding hydrogens is 230 g/mol. The molecule has 2 rings (SSSR count). The quantitative estimate of drug-likeness (QED) is 0.795. The van der Waals surface area contributed by atoms with Crippen LogP contribution in [0, 0.1) is 0 Å². The van der Waals surface area contributed by atoms with Crippen LogP contribution in [0.5, 0.6) is 5.88 Å². The van der Waals surface area contributed by atoms with Crippen LogP contribution in [0.25, 0.3) is 0 Å². The molecule has 96 valence electrons. The summed E-state index contributed by atoms with van der Waals surface area (Å²) in [5, 5.41) is 0. The number of hydrogen-bond donors (Lipinski definition) is 0. The monoisotopic (exact) mass is 247 g/mol. The van der Waals surface area contributed by atoms with Gasteiger partial charge in [0.1, 0.15) is 5.82 Å². The van der Waals surface area contributed by atoms with E-state index in [9.17, 15) is 0 Å². The average Bonchev–Trinajstić information content (AvgIpc) is 2.76. The molecule has 18 heavy (non-hydrogen) atoms. The molecule has 0 unspecified atom stereocenters. The SMILES string of the molecule is CCOc1cncc(N(C)Cc2nccn2C)n1. The summed E-state index contributed by atoms with van der Waals surface area (Å²) in [5.74, 6) is 2.28. The van der Waals surface area contributed by atoms with E-state index in [1.165, 1.54) is 0 Å². The maximum Gasteiger partial charge on any atom is 0.234 e. The second-order valence-electron chi connectivity index (χ2n) is 3.96. The molecule has 0 atom stereocenters. The fourth-order valence-corrected chi connectivity index (χ4v) is 1.58. The highest BCUT2D eigenvalue weighted by Crippen LogP contribution is 2.14. The third kappa shape index (κ3) is 2.77. The topological polar surface area (TPSA) is 56.1 Å². The molecule has 0 aliphatic rings. The van der Waals surface area contributed by atoms with Crippen molar-refractivity contribution in [2.45, 2.75) is 13.5 Å². The van der Waals surface area contributed by atoms with Crippen molar-refractivity contribution in [2.24, 2.45) is 7.05 Å². The molecule has 2 aromatic rings. The molecule has 0 fully saturated rings. The van der Waals surface area contributed by atoms with E-state index in [2.05, 4.69) is 15.0 Å². The standard InChI is InChI=1S/C12H17N5O/c1-4-18-12-8-13-7-10(15-12)17(3)9-11-14-5-6-16(11)2/h5-8H,4,9H2,1-3H3. The third-order valence-electron chi connectivity index (χ3n) is 2.58. The molecule has 2 aromatic heterocycles. The van der Waals surface area contributed by atoms with Gasteiger partial charge < -0.3 is 14.2 Å². The number of imidazole rings is 1.